The lowest BCUT2D eigenvalue weighted by Crippen LogP contribution is -2.48. The van der Waals surface area contributed by atoms with Crippen LogP contribution < -0.4 is 5.32 Å². The number of aliphatic hydroxyl groups excluding tert-OH is 2. The molecule has 0 spiro atoms. The van der Waals surface area contributed by atoms with Crippen LogP contribution in [0.3, 0.4) is 0 Å². The van der Waals surface area contributed by atoms with Crippen LogP contribution in [-0.2, 0) is 19.2 Å². The van der Waals surface area contributed by atoms with Gasteiger partial charge in [-0.15, -0.1) is 0 Å². The SMILES string of the molecule is CC1(C)[C@@H]2[C@@H](CO)NC[C@@H]21.C[C@H](C(=O)N1C[C@H]2[C@@H]([C@H]1C(=O)O)C2(C)C)C1CCCCC1.C[C@H](C(=O)N1C[C@H]2[C@@H]([C@H]1CO)C2(C)C)C1CCCCC1.C[C@H](C(=O)O)C1CCCCC1. The van der Waals surface area contributed by atoms with E-state index in [2.05, 4.69) is 53.8 Å². The summed E-state index contributed by atoms with van der Waals surface area (Å²) in [6.07, 6.45) is 18.2. The Hall–Kier alpha value is -2.24. The maximum atomic E-state index is 12.8. The average Bonchev–Trinajstić information content (AvgIpc) is 3.84. The van der Waals surface area contributed by atoms with Crippen LogP contribution in [0.25, 0.3) is 0 Å². The number of carboxylic acid groups (broad SMARTS) is 2. The van der Waals surface area contributed by atoms with Crippen LogP contribution in [0.4, 0.5) is 0 Å². The van der Waals surface area contributed by atoms with Crippen LogP contribution in [0.2, 0.25) is 0 Å². The van der Waals surface area contributed by atoms with Gasteiger partial charge >= 0.3 is 11.9 Å². The maximum Gasteiger partial charge on any atom is 0.326 e. The van der Waals surface area contributed by atoms with Crippen LogP contribution in [0.15, 0.2) is 0 Å². The number of carbonyl (C=O) groups excluding carboxylic acids is 2. The van der Waals surface area contributed by atoms with Crippen LogP contribution >= 0.6 is 0 Å². The van der Waals surface area contributed by atoms with Gasteiger partial charge in [0.05, 0.1) is 25.2 Å². The van der Waals surface area contributed by atoms with Gasteiger partial charge in [0.15, 0.2) is 0 Å². The molecule has 9 fully saturated rings. The van der Waals surface area contributed by atoms with E-state index >= 15 is 0 Å². The lowest BCUT2D eigenvalue weighted by Gasteiger charge is -2.35. The predicted octanol–water partition coefficient (Wildman–Crippen LogP) is 7.96. The van der Waals surface area contributed by atoms with Gasteiger partial charge in [-0.2, -0.15) is 0 Å². The number of amides is 2. The number of hydrogen-bond donors (Lipinski definition) is 5. The van der Waals surface area contributed by atoms with Gasteiger partial charge < -0.3 is 35.5 Å². The monoisotopic (exact) mass is 870 g/mol. The molecule has 354 valence electrons. The molecule has 3 saturated heterocycles. The minimum absolute atomic E-state index is 0.0206. The van der Waals surface area contributed by atoms with Gasteiger partial charge in [-0.3, -0.25) is 14.4 Å². The van der Waals surface area contributed by atoms with Gasteiger partial charge in [0.2, 0.25) is 11.8 Å². The molecule has 0 radical (unpaired) electrons. The molecule has 0 aromatic heterocycles. The van der Waals surface area contributed by atoms with Crippen molar-refractivity contribution in [2.75, 3.05) is 32.8 Å². The summed E-state index contributed by atoms with van der Waals surface area (Å²) in [7, 11) is 0. The lowest BCUT2D eigenvalue weighted by atomic mass is 9.80. The highest BCUT2D eigenvalue weighted by Gasteiger charge is 2.70. The van der Waals surface area contributed by atoms with Crippen LogP contribution in [0, 0.1) is 87.3 Å². The summed E-state index contributed by atoms with van der Waals surface area (Å²) in [6, 6.07) is -0.128. The quantitative estimate of drug-likeness (QED) is 0.155. The van der Waals surface area contributed by atoms with Crippen molar-refractivity contribution in [2.24, 2.45) is 87.3 Å². The second kappa shape index (κ2) is 19.7. The second-order valence-electron chi connectivity index (χ2n) is 23.5. The summed E-state index contributed by atoms with van der Waals surface area (Å²) in [6.45, 7) is 22.4. The van der Waals surface area contributed by atoms with E-state index in [1.807, 2.05) is 18.7 Å². The Kier molecular flexibility index (Phi) is 15.6. The molecule has 5 N–H and O–H groups in total. The number of piperidine rings is 3. The molecule has 6 aliphatic carbocycles. The third-order valence-electron chi connectivity index (χ3n) is 19.2. The molecular formula is C51H87N3O8. The highest BCUT2D eigenvalue weighted by molar-refractivity contribution is 5.87. The van der Waals surface area contributed by atoms with Crippen molar-refractivity contribution in [3.8, 4) is 0 Å². The van der Waals surface area contributed by atoms with Crippen LogP contribution in [0.5, 0.6) is 0 Å². The van der Waals surface area contributed by atoms with Crippen molar-refractivity contribution in [1.29, 1.82) is 0 Å². The molecule has 0 unspecified atom stereocenters. The van der Waals surface area contributed by atoms with Crippen molar-refractivity contribution in [3.05, 3.63) is 0 Å². The highest BCUT2D eigenvalue weighted by Crippen LogP contribution is 2.66. The number of carboxylic acids is 2. The number of nitrogens with zero attached hydrogens (tertiary/aromatic N) is 2. The molecule has 11 heteroatoms. The molecule has 0 aromatic rings. The van der Waals surface area contributed by atoms with E-state index in [9.17, 15) is 29.4 Å². The summed E-state index contributed by atoms with van der Waals surface area (Å²) in [5.74, 6) is 3.64. The standard InChI is InChI=1S/C17H27NO3.C17H29NO2.C9H16O2.C8H15NO/c1-10(11-7-5-4-6-8-11)15(19)18-9-12-13(17(12,2)3)14(18)16(20)21;1-11(12-7-5-4-6-8-12)16(20)18-9-13-15(14(18)10-19)17(13,2)3;1-7(9(10)11)8-5-3-2-4-6-8;1-8(2)5-3-9-6(4-10)7(5)8/h10-14H,4-9H2,1-3H3,(H,20,21);11-15,19H,4-10H2,1-3H3;7-8H,2-6H2,1H3,(H,10,11);5-7,9-10H,3-4H2,1-2H3/t10-,12-,13-,14-;11-,13-,14+,15-;7-;5-,6+,7-/m0000/s1. The number of nitrogens with one attached hydrogen (secondary N) is 1. The largest absolute Gasteiger partial charge is 0.481 e. The fourth-order valence-electron chi connectivity index (χ4n) is 14.3. The van der Waals surface area contributed by atoms with Gasteiger partial charge in [-0.1, -0.05) is 120 Å². The summed E-state index contributed by atoms with van der Waals surface area (Å²) in [5.41, 5.74) is 0.935. The molecular weight excluding hydrogens is 783 g/mol. The average molecular weight is 870 g/mol. The fourth-order valence-corrected chi connectivity index (χ4v) is 14.3. The molecule has 9 aliphatic rings. The molecule has 62 heavy (non-hydrogen) atoms. The van der Waals surface area contributed by atoms with Gasteiger partial charge in [-0.05, 0) is 109 Å². The lowest BCUT2D eigenvalue weighted by molar-refractivity contribution is -0.152. The normalized spacial score (nSPS) is 36.3. The fraction of sp³-hybridized carbons (Fsp3) is 0.922. The minimum Gasteiger partial charge on any atom is -0.481 e. The number of aliphatic carboxylic acids is 2. The molecule has 12 atom stereocenters. The number of aliphatic hydroxyl groups is 2. The number of hydrogen-bond acceptors (Lipinski definition) is 7. The first-order chi connectivity index (χ1) is 29.2. The smallest absolute Gasteiger partial charge is 0.326 e. The van der Waals surface area contributed by atoms with E-state index in [0.29, 0.717) is 71.4 Å². The molecule has 11 nitrogen and oxygen atoms in total. The van der Waals surface area contributed by atoms with E-state index in [0.717, 1.165) is 50.6 Å². The third kappa shape index (κ3) is 9.95. The van der Waals surface area contributed by atoms with Crippen molar-refractivity contribution < 1.29 is 39.6 Å². The highest BCUT2D eigenvalue weighted by atomic mass is 16.4. The number of fused-ring (bicyclic) bond motifs is 3. The van der Waals surface area contributed by atoms with Crippen LogP contribution in [-0.4, -0.2) is 105 Å². The maximum absolute atomic E-state index is 12.8. The Morgan fingerprint density at radius 3 is 1.34 bits per heavy atom. The molecule has 3 aliphatic heterocycles. The summed E-state index contributed by atoms with van der Waals surface area (Å²) >= 11 is 0. The minimum atomic E-state index is -0.822. The first kappa shape index (κ1) is 49.2. The van der Waals surface area contributed by atoms with Crippen LogP contribution in [0.1, 0.15) is 159 Å². The van der Waals surface area contributed by atoms with E-state index in [-0.39, 0.29) is 47.6 Å². The van der Waals surface area contributed by atoms with Crippen molar-refractivity contribution in [2.45, 2.75) is 177 Å². The molecule has 0 aromatic carbocycles. The summed E-state index contributed by atoms with van der Waals surface area (Å²) < 4.78 is 0. The van der Waals surface area contributed by atoms with E-state index in [1.54, 1.807) is 4.90 Å². The number of carbonyl (C=O) groups is 4. The number of likely N-dealkylation sites (tertiary alicyclic amines) is 2. The van der Waals surface area contributed by atoms with Gasteiger partial charge in [0.25, 0.3) is 0 Å². The molecule has 2 amide bonds. The Morgan fingerprint density at radius 2 is 0.952 bits per heavy atom. The van der Waals surface area contributed by atoms with Crippen molar-refractivity contribution >= 4 is 23.8 Å². The van der Waals surface area contributed by atoms with Gasteiger partial charge in [0, 0.05) is 36.9 Å². The predicted molar refractivity (Wildman–Crippen MR) is 242 cm³/mol. The Labute approximate surface area is 374 Å². The molecule has 0 bridgehead atoms. The van der Waals surface area contributed by atoms with Crippen molar-refractivity contribution in [1.82, 2.24) is 15.1 Å². The Bertz CT molecular complexity index is 1560. The first-order valence-electron chi connectivity index (χ1n) is 25.2. The molecule has 3 heterocycles. The number of rotatable bonds is 9. The molecule has 9 rings (SSSR count). The Morgan fingerprint density at radius 1 is 0.548 bits per heavy atom. The third-order valence-corrected chi connectivity index (χ3v) is 19.2. The summed E-state index contributed by atoms with van der Waals surface area (Å²) in [4.78, 5) is 51.5. The molecule has 6 saturated carbocycles. The summed E-state index contributed by atoms with van der Waals surface area (Å²) in [5, 5.41) is 40.3. The van der Waals surface area contributed by atoms with E-state index in [4.69, 9.17) is 10.2 Å². The second-order valence-corrected chi connectivity index (χ2v) is 23.5. The van der Waals surface area contributed by atoms with E-state index in [1.165, 1.54) is 70.6 Å². The van der Waals surface area contributed by atoms with E-state index < -0.39 is 18.0 Å². The zero-order chi connectivity index (χ0) is 45.5. The van der Waals surface area contributed by atoms with Gasteiger partial charge in [-0.25, -0.2) is 4.79 Å². The van der Waals surface area contributed by atoms with Gasteiger partial charge in [0.1, 0.15) is 6.04 Å². The Balaban J connectivity index is 0.000000145. The zero-order valence-corrected chi connectivity index (χ0v) is 40.1. The van der Waals surface area contributed by atoms with Crippen molar-refractivity contribution in [3.63, 3.8) is 0 Å². The first-order valence-corrected chi connectivity index (χ1v) is 25.2. The topological polar surface area (TPSA) is 168 Å². The zero-order valence-electron chi connectivity index (χ0n) is 40.1.